The van der Waals surface area contributed by atoms with E-state index in [1.54, 1.807) is 17.0 Å². The molecule has 1 aromatic carbocycles. The summed E-state index contributed by atoms with van der Waals surface area (Å²) in [5.41, 5.74) is 5.57. The summed E-state index contributed by atoms with van der Waals surface area (Å²) >= 11 is 0. The number of rotatable bonds is 3. The van der Waals surface area contributed by atoms with Gasteiger partial charge in [-0.15, -0.1) is 0 Å². The molecule has 1 fully saturated rings. The number of ether oxygens (including phenoxy) is 3. The number of carbonyl (C=O) groups excluding carboxylic acids is 2. The molecule has 1 heterocycles. The van der Waals surface area contributed by atoms with Crippen LogP contribution < -0.4 is 10.5 Å². The summed E-state index contributed by atoms with van der Waals surface area (Å²) < 4.78 is 15.9. The number of hydrogen-bond acceptors (Lipinski definition) is 6. The third-order valence-electron chi connectivity index (χ3n) is 3.49. The van der Waals surface area contributed by atoms with E-state index in [2.05, 4.69) is 4.74 Å². The van der Waals surface area contributed by atoms with Gasteiger partial charge in [-0.1, -0.05) is 0 Å². The minimum atomic E-state index is -0.544. The molecule has 0 radical (unpaired) electrons. The number of anilines is 1. The number of esters is 1. The molecule has 7 nitrogen and oxygen atoms in total. The van der Waals surface area contributed by atoms with E-state index in [-0.39, 0.29) is 6.09 Å². The summed E-state index contributed by atoms with van der Waals surface area (Å²) in [7, 11) is 1.31. The Morgan fingerprint density at radius 2 is 1.88 bits per heavy atom. The van der Waals surface area contributed by atoms with Crippen LogP contribution in [0.3, 0.4) is 0 Å². The largest absolute Gasteiger partial charge is 0.482 e. The normalized spacial score (nSPS) is 16.1. The van der Waals surface area contributed by atoms with Crippen molar-refractivity contribution in [3.05, 3.63) is 23.8 Å². The first kappa shape index (κ1) is 17.9. The summed E-state index contributed by atoms with van der Waals surface area (Å²) in [4.78, 5) is 25.0. The van der Waals surface area contributed by atoms with E-state index in [4.69, 9.17) is 15.2 Å². The molecule has 0 atom stereocenters. The Balaban J connectivity index is 1.98. The zero-order valence-corrected chi connectivity index (χ0v) is 14.7. The predicted molar refractivity (Wildman–Crippen MR) is 89.0 cm³/mol. The first-order chi connectivity index (χ1) is 11.0. The average molecular weight is 336 g/mol. The van der Waals surface area contributed by atoms with E-state index in [0.717, 1.165) is 0 Å². The van der Waals surface area contributed by atoms with Crippen molar-refractivity contribution in [3.8, 4) is 5.75 Å². The minimum absolute atomic E-state index is 0.342. The molecule has 0 aliphatic carbocycles. The summed E-state index contributed by atoms with van der Waals surface area (Å²) in [6.07, 6.45) is -0.363. The highest BCUT2D eigenvalue weighted by Crippen LogP contribution is 2.32. The van der Waals surface area contributed by atoms with Crippen LogP contribution in [0.5, 0.6) is 5.75 Å². The molecule has 2 rings (SSSR count). The van der Waals surface area contributed by atoms with Crippen LogP contribution in [0.15, 0.2) is 18.2 Å². The Morgan fingerprint density at radius 1 is 1.25 bits per heavy atom. The molecule has 0 aromatic heterocycles. The Morgan fingerprint density at radius 3 is 2.38 bits per heavy atom. The SMILES string of the molecule is COC(=O)c1ccc(OC2(C)CN(C(=O)OC(C)(C)C)C2)c(N)c1. The highest BCUT2D eigenvalue weighted by Gasteiger charge is 2.45. The maximum absolute atomic E-state index is 12.0. The lowest BCUT2D eigenvalue weighted by Gasteiger charge is -2.47. The highest BCUT2D eigenvalue weighted by molar-refractivity contribution is 5.90. The number of carbonyl (C=O) groups is 2. The van der Waals surface area contributed by atoms with Gasteiger partial charge in [0.05, 0.1) is 31.5 Å². The fourth-order valence-corrected chi connectivity index (χ4v) is 2.43. The summed E-state index contributed by atoms with van der Waals surface area (Å²) in [6.45, 7) is 8.17. The van der Waals surface area contributed by atoms with E-state index >= 15 is 0 Å². The average Bonchev–Trinajstić information content (AvgIpc) is 2.44. The van der Waals surface area contributed by atoms with Crippen molar-refractivity contribution in [1.82, 2.24) is 4.90 Å². The molecule has 132 valence electrons. The van der Waals surface area contributed by atoms with Gasteiger partial charge < -0.3 is 24.8 Å². The molecule has 1 aliphatic rings. The third-order valence-corrected chi connectivity index (χ3v) is 3.49. The van der Waals surface area contributed by atoms with Crippen LogP contribution in [0.1, 0.15) is 38.1 Å². The van der Waals surface area contributed by atoms with Crippen molar-refractivity contribution in [3.63, 3.8) is 0 Å². The third kappa shape index (κ3) is 4.10. The number of hydrogen-bond donors (Lipinski definition) is 1. The molecule has 1 aliphatic heterocycles. The number of amides is 1. The quantitative estimate of drug-likeness (QED) is 0.673. The molecular weight excluding hydrogens is 312 g/mol. The highest BCUT2D eigenvalue weighted by atomic mass is 16.6. The van der Waals surface area contributed by atoms with Gasteiger partial charge >= 0.3 is 12.1 Å². The molecule has 1 saturated heterocycles. The number of nitrogens with zero attached hydrogens (tertiary/aromatic N) is 1. The number of nitrogens with two attached hydrogens (primary N) is 1. The van der Waals surface area contributed by atoms with Crippen molar-refractivity contribution < 1.29 is 23.8 Å². The number of methoxy groups -OCH3 is 1. The van der Waals surface area contributed by atoms with Gasteiger partial charge in [0.1, 0.15) is 17.0 Å². The second-order valence-electron chi connectivity index (χ2n) is 7.13. The molecule has 1 amide bonds. The van der Waals surface area contributed by atoms with Gasteiger partial charge in [0.25, 0.3) is 0 Å². The first-order valence-corrected chi connectivity index (χ1v) is 7.68. The molecule has 0 unspecified atom stereocenters. The van der Waals surface area contributed by atoms with Gasteiger partial charge in [0.2, 0.25) is 0 Å². The van der Waals surface area contributed by atoms with E-state index in [1.165, 1.54) is 13.2 Å². The Kier molecular flexibility index (Phi) is 4.64. The standard InChI is InChI=1S/C17H24N2O5/c1-16(2,3)24-15(21)19-9-17(4,10-19)23-13-7-6-11(8-12(13)18)14(20)22-5/h6-8H,9-10,18H2,1-5H3. The van der Waals surface area contributed by atoms with Crippen LogP contribution in [-0.2, 0) is 9.47 Å². The Labute approximate surface area is 141 Å². The monoisotopic (exact) mass is 336 g/mol. The lowest BCUT2D eigenvalue weighted by atomic mass is 9.97. The zero-order chi connectivity index (χ0) is 18.1. The predicted octanol–water partition coefficient (Wildman–Crippen LogP) is 2.44. The van der Waals surface area contributed by atoms with Gasteiger partial charge in [0.15, 0.2) is 0 Å². The lowest BCUT2D eigenvalue weighted by Crippen LogP contribution is -2.65. The van der Waals surface area contributed by atoms with E-state index in [0.29, 0.717) is 30.1 Å². The molecule has 2 N–H and O–H groups in total. The molecule has 7 heteroatoms. The molecule has 0 saturated carbocycles. The van der Waals surface area contributed by atoms with Gasteiger partial charge in [-0.3, -0.25) is 0 Å². The van der Waals surface area contributed by atoms with E-state index < -0.39 is 17.2 Å². The Bertz CT molecular complexity index is 645. The fourth-order valence-electron chi connectivity index (χ4n) is 2.43. The summed E-state index contributed by atoms with van der Waals surface area (Å²) in [5, 5.41) is 0. The number of nitrogen functional groups attached to an aromatic ring is 1. The number of benzene rings is 1. The molecule has 0 bridgehead atoms. The molecule has 0 spiro atoms. The van der Waals surface area contributed by atoms with Gasteiger partial charge in [0, 0.05) is 0 Å². The van der Waals surface area contributed by atoms with Crippen LogP contribution in [0, 0.1) is 0 Å². The van der Waals surface area contributed by atoms with Gasteiger partial charge in [-0.05, 0) is 45.9 Å². The molecule has 1 aromatic rings. The van der Waals surface area contributed by atoms with Crippen molar-refractivity contribution >= 4 is 17.7 Å². The van der Waals surface area contributed by atoms with Gasteiger partial charge in [-0.25, -0.2) is 9.59 Å². The lowest BCUT2D eigenvalue weighted by molar-refractivity contribution is -0.0708. The van der Waals surface area contributed by atoms with Crippen LogP contribution >= 0.6 is 0 Å². The van der Waals surface area contributed by atoms with Crippen molar-refractivity contribution in [2.45, 2.75) is 38.9 Å². The van der Waals surface area contributed by atoms with Gasteiger partial charge in [-0.2, -0.15) is 0 Å². The molecule has 24 heavy (non-hydrogen) atoms. The topological polar surface area (TPSA) is 91.1 Å². The Hall–Kier alpha value is -2.44. The second-order valence-corrected chi connectivity index (χ2v) is 7.13. The van der Waals surface area contributed by atoms with Crippen LogP contribution in [0.25, 0.3) is 0 Å². The zero-order valence-electron chi connectivity index (χ0n) is 14.7. The van der Waals surface area contributed by atoms with E-state index in [9.17, 15) is 9.59 Å². The maximum atomic E-state index is 12.0. The number of likely N-dealkylation sites (tertiary alicyclic amines) is 1. The molecular formula is C17H24N2O5. The fraction of sp³-hybridized carbons (Fsp3) is 0.529. The summed E-state index contributed by atoms with van der Waals surface area (Å²) in [5.74, 6) is 0.00759. The maximum Gasteiger partial charge on any atom is 0.410 e. The van der Waals surface area contributed by atoms with Crippen molar-refractivity contribution in [2.24, 2.45) is 0 Å². The minimum Gasteiger partial charge on any atom is -0.482 e. The van der Waals surface area contributed by atoms with Crippen molar-refractivity contribution in [1.29, 1.82) is 0 Å². The smallest absolute Gasteiger partial charge is 0.410 e. The van der Waals surface area contributed by atoms with Crippen LogP contribution in [0.4, 0.5) is 10.5 Å². The van der Waals surface area contributed by atoms with E-state index in [1.807, 2.05) is 27.7 Å². The van der Waals surface area contributed by atoms with Crippen LogP contribution in [0.2, 0.25) is 0 Å². The van der Waals surface area contributed by atoms with Crippen LogP contribution in [-0.4, -0.2) is 48.4 Å². The first-order valence-electron chi connectivity index (χ1n) is 7.68. The van der Waals surface area contributed by atoms with Crippen molar-refractivity contribution in [2.75, 3.05) is 25.9 Å². The second kappa shape index (κ2) is 6.22. The summed E-state index contributed by atoms with van der Waals surface area (Å²) in [6, 6.07) is 4.73.